The van der Waals surface area contributed by atoms with E-state index in [1.54, 1.807) is 0 Å². The highest BCUT2D eigenvalue weighted by atomic mass is 16.3. The van der Waals surface area contributed by atoms with Gasteiger partial charge in [-0.3, -0.25) is 4.79 Å². The van der Waals surface area contributed by atoms with Crippen molar-refractivity contribution >= 4 is 5.91 Å². The average Bonchev–Trinajstić information content (AvgIpc) is 2.64. The van der Waals surface area contributed by atoms with Gasteiger partial charge in [0.15, 0.2) is 0 Å². The molecule has 0 aromatic carbocycles. The van der Waals surface area contributed by atoms with Crippen molar-refractivity contribution in [3.63, 3.8) is 0 Å². The van der Waals surface area contributed by atoms with Crippen LogP contribution in [0.5, 0.6) is 0 Å². The van der Waals surface area contributed by atoms with Crippen LogP contribution in [-0.4, -0.2) is 41.1 Å². The lowest BCUT2D eigenvalue weighted by Gasteiger charge is -2.41. The van der Waals surface area contributed by atoms with Gasteiger partial charge in [-0.25, -0.2) is 0 Å². The third kappa shape index (κ3) is 3.29. The summed E-state index contributed by atoms with van der Waals surface area (Å²) >= 11 is 0. The number of amides is 1. The molecule has 0 bridgehead atoms. The van der Waals surface area contributed by atoms with Gasteiger partial charge in [0.1, 0.15) is 0 Å². The van der Waals surface area contributed by atoms with Crippen molar-refractivity contribution < 1.29 is 9.90 Å². The Bertz CT molecular complexity index is 310. The summed E-state index contributed by atoms with van der Waals surface area (Å²) in [6.07, 6.45) is 7.93. The lowest BCUT2D eigenvalue weighted by atomic mass is 9.78. The second-order valence-electron chi connectivity index (χ2n) is 6.69. The number of nitrogens with two attached hydrogens (primary N) is 1. The van der Waals surface area contributed by atoms with E-state index in [1.807, 2.05) is 11.8 Å². The van der Waals surface area contributed by atoms with Crippen LogP contribution in [0, 0.1) is 5.41 Å². The van der Waals surface area contributed by atoms with Crippen LogP contribution in [-0.2, 0) is 4.79 Å². The third-order valence-electron chi connectivity index (χ3n) is 5.03. The van der Waals surface area contributed by atoms with E-state index in [4.69, 9.17) is 5.73 Å². The molecular weight excluding hydrogens is 240 g/mol. The van der Waals surface area contributed by atoms with Crippen molar-refractivity contribution in [1.29, 1.82) is 0 Å². The van der Waals surface area contributed by atoms with Gasteiger partial charge in [0.25, 0.3) is 0 Å². The Balaban J connectivity index is 2.04. The molecule has 0 unspecified atom stereocenters. The number of hydrogen-bond donors (Lipinski definition) is 2. The molecule has 19 heavy (non-hydrogen) atoms. The number of carbonyl (C=O) groups is 1. The number of hydrogen-bond acceptors (Lipinski definition) is 3. The van der Waals surface area contributed by atoms with Crippen LogP contribution in [0.4, 0.5) is 0 Å². The molecule has 0 atom stereocenters. The molecule has 4 heteroatoms. The number of nitrogens with zero attached hydrogens (tertiary/aromatic N) is 1. The minimum atomic E-state index is -0.601. The molecule has 4 nitrogen and oxygen atoms in total. The van der Waals surface area contributed by atoms with E-state index in [2.05, 4.69) is 0 Å². The molecule has 2 aliphatic rings. The molecule has 110 valence electrons. The molecule has 2 rings (SSSR count). The number of carbonyl (C=O) groups excluding carboxylic acids is 1. The summed E-state index contributed by atoms with van der Waals surface area (Å²) in [6, 6.07) is 0. The first-order chi connectivity index (χ1) is 8.99. The number of aliphatic hydroxyl groups is 1. The Morgan fingerprint density at radius 2 is 1.63 bits per heavy atom. The molecule has 0 aromatic rings. The second kappa shape index (κ2) is 5.80. The predicted molar refractivity (Wildman–Crippen MR) is 75.6 cm³/mol. The number of piperidine rings is 1. The van der Waals surface area contributed by atoms with Gasteiger partial charge < -0.3 is 15.7 Å². The summed E-state index contributed by atoms with van der Waals surface area (Å²) in [5, 5.41) is 9.99. The lowest BCUT2D eigenvalue weighted by Crippen LogP contribution is -2.52. The molecule has 1 saturated carbocycles. The topological polar surface area (TPSA) is 66.6 Å². The van der Waals surface area contributed by atoms with Gasteiger partial charge in [0.05, 0.1) is 11.0 Å². The zero-order valence-electron chi connectivity index (χ0n) is 12.2. The molecule has 0 spiro atoms. The van der Waals surface area contributed by atoms with Gasteiger partial charge in [-0.05, 0) is 32.6 Å². The highest BCUT2D eigenvalue weighted by molar-refractivity contribution is 5.83. The van der Waals surface area contributed by atoms with Crippen LogP contribution < -0.4 is 5.73 Å². The highest BCUT2D eigenvalue weighted by Gasteiger charge is 2.41. The largest absolute Gasteiger partial charge is 0.390 e. The van der Waals surface area contributed by atoms with Gasteiger partial charge in [-0.15, -0.1) is 0 Å². The molecule has 3 N–H and O–H groups in total. The number of likely N-dealkylation sites (tertiary alicyclic amines) is 1. The van der Waals surface area contributed by atoms with Crippen LogP contribution in [0.1, 0.15) is 58.3 Å². The fraction of sp³-hybridized carbons (Fsp3) is 0.933. The Kier molecular flexibility index (Phi) is 4.51. The van der Waals surface area contributed by atoms with E-state index in [0.29, 0.717) is 32.5 Å². The summed E-state index contributed by atoms with van der Waals surface area (Å²) in [4.78, 5) is 14.8. The Labute approximate surface area is 116 Å². The SMILES string of the molecule is CC1(O)CCN(C(=O)C2(CN)CCCCCC2)CC1. The van der Waals surface area contributed by atoms with E-state index >= 15 is 0 Å². The van der Waals surface area contributed by atoms with Gasteiger partial charge in [-0.2, -0.15) is 0 Å². The first-order valence-corrected chi connectivity index (χ1v) is 7.71. The minimum absolute atomic E-state index is 0.243. The van der Waals surface area contributed by atoms with Crippen molar-refractivity contribution in [3.8, 4) is 0 Å². The monoisotopic (exact) mass is 268 g/mol. The standard InChI is InChI=1S/C15H28N2O2/c1-14(19)8-10-17(11-9-14)13(18)15(12-16)6-4-2-3-5-7-15/h19H,2-12,16H2,1H3. The van der Waals surface area contributed by atoms with Gasteiger partial charge in [0.2, 0.25) is 5.91 Å². The average molecular weight is 268 g/mol. The zero-order valence-corrected chi connectivity index (χ0v) is 12.2. The molecule has 1 amide bonds. The maximum atomic E-state index is 12.8. The van der Waals surface area contributed by atoms with Crippen LogP contribution in [0.15, 0.2) is 0 Å². The first kappa shape index (κ1) is 14.8. The smallest absolute Gasteiger partial charge is 0.230 e. The Morgan fingerprint density at radius 3 is 2.11 bits per heavy atom. The first-order valence-electron chi connectivity index (χ1n) is 7.71. The molecule has 1 aliphatic heterocycles. The molecule has 0 aromatic heterocycles. The Morgan fingerprint density at radius 1 is 1.11 bits per heavy atom. The van der Waals surface area contributed by atoms with E-state index in [0.717, 1.165) is 25.7 Å². The third-order valence-corrected chi connectivity index (χ3v) is 5.03. The zero-order chi connectivity index (χ0) is 13.9. The van der Waals surface area contributed by atoms with Crippen LogP contribution in [0.25, 0.3) is 0 Å². The van der Waals surface area contributed by atoms with Crippen molar-refractivity contribution in [2.24, 2.45) is 11.1 Å². The fourth-order valence-corrected chi connectivity index (χ4v) is 3.44. The second-order valence-corrected chi connectivity index (χ2v) is 6.69. The summed E-state index contributed by atoms with van der Waals surface area (Å²) < 4.78 is 0. The van der Waals surface area contributed by atoms with Gasteiger partial charge in [-0.1, -0.05) is 25.7 Å². The van der Waals surface area contributed by atoms with Crippen LogP contribution in [0.3, 0.4) is 0 Å². The normalized spacial score (nSPS) is 26.8. The van der Waals surface area contributed by atoms with Crippen molar-refractivity contribution in [2.75, 3.05) is 19.6 Å². The summed E-state index contributed by atoms with van der Waals surface area (Å²) in [7, 11) is 0. The van der Waals surface area contributed by atoms with Gasteiger partial charge >= 0.3 is 0 Å². The molecule has 1 heterocycles. The summed E-state index contributed by atoms with van der Waals surface area (Å²) in [5.41, 5.74) is 5.05. The quantitative estimate of drug-likeness (QED) is 0.749. The van der Waals surface area contributed by atoms with Crippen LogP contribution in [0.2, 0.25) is 0 Å². The van der Waals surface area contributed by atoms with E-state index in [9.17, 15) is 9.90 Å². The Hall–Kier alpha value is -0.610. The maximum Gasteiger partial charge on any atom is 0.230 e. The molecule has 2 fully saturated rings. The molecule has 1 aliphatic carbocycles. The molecular formula is C15H28N2O2. The van der Waals surface area contributed by atoms with Crippen molar-refractivity contribution in [3.05, 3.63) is 0 Å². The van der Waals surface area contributed by atoms with Crippen LogP contribution >= 0.6 is 0 Å². The minimum Gasteiger partial charge on any atom is -0.390 e. The molecule has 1 saturated heterocycles. The fourth-order valence-electron chi connectivity index (χ4n) is 3.44. The maximum absolute atomic E-state index is 12.8. The number of rotatable bonds is 2. The van der Waals surface area contributed by atoms with Crippen molar-refractivity contribution in [1.82, 2.24) is 4.90 Å². The van der Waals surface area contributed by atoms with E-state index < -0.39 is 5.60 Å². The predicted octanol–water partition coefficient (Wildman–Crippen LogP) is 1.66. The summed E-state index contributed by atoms with van der Waals surface area (Å²) in [5.74, 6) is 0.243. The van der Waals surface area contributed by atoms with E-state index in [1.165, 1.54) is 12.8 Å². The highest BCUT2D eigenvalue weighted by Crippen LogP contribution is 2.37. The van der Waals surface area contributed by atoms with E-state index in [-0.39, 0.29) is 11.3 Å². The summed E-state index contributed by atoms with van der Waals surface area (Å²) in [6.45, 7) is 3.68. The van der Waals surface area contributed by atoms with Gasteiger partial charge in [0, 0.05) is 19.6 Å². The van der Waals surface area contributed by atoms with Crippen molar-refractivity contribution in [2.45, 2.75) is 63.9 Å². The lowest BCUT2D eigenvalue weighted by molar-refractivity contribution is -0.146. The molecule has 0 radical (unpaired) electrons.